The molecule has 2 heterocycles. The monoisotopic (exact) mass is 163 g/mol. The van der Waals surface area contributed by atoms with E-state index in [1.807, 2.05) is 0 Å². The van der Waals surface area contributed by atoms with E-state index in [9.17, 15) is 0 Å². The van der Waals surface area contributed by atoms with Crippen molar-refractivity contribution in [2.45, 2.75) is 31.7 Å². The van der Waals surface area contributed by atoms with Crippen LogP contribution in [0.5, 0.6) is 0 Å². The van der Waals surface area contributed by atoms with Gasteiger partial charge in [0, 0.05) is 24.6 Å². The Morgan fingerprint density at radius 2 is 2.42 bits per heavy atom. The lowest BCUT2D eigenvalue weighted by Gasteiger charge is -2.27. The Balaban J connectivity index is 2.16. The molecule has 1 aliphatic carbocycles. The van der Waals surface area contributed by atoms with Crippen LogP contribution in [-0.2, 0) is 13.0 Å². The summed E-state index contributed by atoms with van der Waals surface area (Å²) in [6, 6.07) is 0. The van der Waals surface area contributed by atoms with Gasteiger partial charge in [-0.25, -0.2) is 0 Å². The minimum absolute atomic E-state index is 0.747. The highest BCUT2D eigenvalue weighted by Crippen LogP contribution is 2.34. The van der Waals surface area contributed by atoms with Crippen molar-refractivity contribution in [2.24, 2.45) is 0 Å². The normalized spacial score (nSPS) is 26.8. The molecule has 1 atom stereocenters. The lowest BCUT2D eigenvalue weighted by Crippen LogP contribution is -2.29. The molecule has 1 aromatic heterocycles. The van der Waals surface area contributed by atoms with Crippen molar-refractivity contribution in [3.05, 3.63) is 17.0 Å². The lowest BCUT2D eigenvalue weighted by molar-refractivity contribution is 0.475. The predicted molar refractivity (Wildman–Crippen MR) is 46.0 cm³/mol. The van der Waals surface area contributed by atoms with Crippen LogP contribution in [0.4, 0.5) is 0 Å². The van der Waals surface area contributed by atoms with E-state index in [1.165, 1.54) is 30.7 Å². The van der Waals surface area contributed by atoms with E-state index < -0.39 is 0 Å². The second kappa shape index (κ2) is 2.33. The van der Waals surface area contributed by atoms with Crippen LogP contribution in [0.15, 0.2) is 0 Å². The van der Waals surface area contributed by atoms with Crippen molar-refractivity contribution in [2.75, 3.05) is 6.54 Å². The lowest BCUT2D eigenvalue weighted by atomic mass is 9.83. The molecule has 0 spiro atoms. The number of hydrogen-bond acceptors (Lipinski definition) is 2. The van der Waals surface area contributed by atoms with Crippen molar-refractivity contribution >= 4 is 0 Å². The Kier molecular flexibility index (Phi) is 1.29. The number of nitrogens with zero attached hydrogens (tertiary/aromatic N) is 1. The van der Waals surface area contributed by atoms with Crippen molar-refractivity contribution in [1.82, 2.24) is 15.5 Å². The summed E-state index contributed by atoms with van der Waals surface area (Å²) in [7, 11) is 0. The zero-order valence-corrected chi connectivity index (χ0v) is 7.06. The minimum atomic E-state index is 0.747. The molecule has 2 aliphatic rings. The fourth-order valence-electron chi connectivity index (χ4n) is 2.47. The van der Waals surface area contributed by atoms with Crippen LogP contribution in [0, 0.1) is 0 Å². The van der Waals surface area contributed by atoms with Gasteiger partial charge in [-0.3, -0.25) is 5.10 Å². The van der Waals surface area contributed by atoms with Gasteiger partial charge in [0.05, 0.1) is 11.4 Å². The van der Waals surface area contributed by atoms with Gasteiger partial charge in [-0.05, 0) is 19.3 Å². The van der Waals surface area contributed by atoms with Crippen LogP contribution in [-0.4, -0.2) is 16.7 Å². The average molecular weight is 163 g/mol. The number of nitrogens with one attached hydrogen (secondary N) is 2. The topological polar surface area (TPSA) is 40.7 Å². The third-order valence-corrected chi connectivity index (χ3v) is 3.03. The van der Waals surface area contributed by atoms with Gasteiger partial charge >= 0.3 is 0 Å². The molecule has 64 valence electrons. The number of H-pyrrole nitrogens is 1. The predicted octanol–water partition coefficient (Wildman–Crippen LogP) is 0.933. The Hall–Kier alpha value is -0.830. The van der Waals surface area contributed by atoms with Gasteiger partial charge < -0.3 is 5.32 Å². The Morgan fingerprint density at radius 3 is 3.42 bits per heavy atom. The third kappa shape index (κ3) is 0.771. The highest BCUT2D eigenvalue weighted by atomic mass is 15.1. The van der Waals surface area contributed by atoms with Crippen LogP contribution in [0.25, 0.3) is 0 Å². The number of rotatable bonds is 0. The van der Waals surface area contributed by atoms with Crippen LogP contribution in [0.3, 0.4) is 0 Å². The molecular formula is C9H13N3. The van der Waals surface area contributed by atoms with E-state index in [2.05, 4.69) is 15.5 Å². The van der Waals surface area contributed by atoms with Gasteiger partial charge in [0.1, 0.15) is 0 Å². The molecule has 0 radical (unpaired) electrons. The summed E-state index contributed by atoms with van der Waals surface area (Å²) < 4.78 is 0. The first-order valence-corrected chi connectivity index (χ1v) is 4.72. The van der Waals surface area contributed by atoms with E-state index in [-0.39, 0.29) is 0 Å². The van der Waals surface area contributed by atoms with E-state index >= 15 is 0 Å². The van der Waals surface area contributed by atoms with E-state index in [4.69, 9.17) is 0 Å². The molecule has 12 heavy (non-hydrogen) atoms. The zero-order valence-electron chi connectivity index (χ0n) is 7.06. The first-order valence-electron chi connectivity index (χ1n) is 4.72. The van der Waals surface area contributed by atoms with E-state index in [1.54, 1.807) is 5.56 Å². The molecule has 0 amide bonds. The summed E-state index contributed by atoms with van der Waals surface area (Å²) in [5, 5.41) is 10.9. The molecule has 0 fully saturated rings. The summed E-state index contributed by atoms with van der Waals surface area (Å²) in [6.45, 7) is 2.14. The largest absolute Gasteiger partial charge is 0.311 e. The summed E-state index contributed by atoms with van der Waals surface area (Å²) in [5.41, 5.74) is 4.21. The van der Waals surface area contributed by atoms with Crippen molar-refractivity contribution in [3.63, 3.8) is 0 Å². The maximum absolute atomic E-state index is 4.35. The molecule has 0 saturated heterocycles. The van der Waals surface area contributed by atoms with Gasteiger partial charge in [-0.1, -0.05) is 0 Å². The highest BCUT2D eigenvalue weighted by Gasteiger charge is 2.28. The second-order valence-corrected chi connectivity index (χ2v) is 3.78. The molecule has 2 N–H and O–H groups in total. The summed E-state index contributed by atoms with van der Waals surface area (Å²) in [4.78, 5) is 0. The van der Waals surface area contributed by atoms with E-state index in [0.29, 0.717) is 0 Å². The zero-order chi connectivity index (χ0) is 7.97. The number of aryl methyl sites for hydroxylation is 1. The van der Waals surface area contributed by atoms with Crippen molar-refractivity contribution in [1.29, 1.82) is 0 Å². The standard InChI is InChI=1S/C9H13N3/c1-2-6-4-10-5-8-9(6)7(3-1)11-12-8/h6,10H,1-5H2,(H,11,12). The Morgan fingerprint density at radius 1 is 1.42 bits per heavy atom. The number of hydrogen-bond donors (Lipinski definition) is 2. The molecule has 3 rings (SSSR count). The summed E-state index contributed by atoms with van der Waals surface area (Å²) in [5.74, 6) is 0.747. The smallest absolute Gasteiger partial charge is 0.0660 e. The van der Waals surface area contributed by atoms with Crippen LogP contribution in [0.1, 0.15) is 35.7 Å². The van der Waals surface area contributed by atoms with Crippen molar-refractivity contribution in [3.8, 4) is 0 Å². The average Bonchev–Trinajstić information content (AvgIpc) is 2.52. The van der Waals surface area contributed by atoms with E-state index in [0.717, 1.165) is 19.0 Å². The molecule has 1 unspecified atom stereocenters. The molecule has 1 aromatic rings. The molecule has 1 aliphatic heterocycles. The van der Waals surface area contributed by atoms with Gasteiger partial charge in [0.15, 0.2) is 0 Å². The third-order valence-electron chi connectivity index (χ3n) is 3.03. The maximum atomic E-state index is 4.35. The molecule has 3 heteroatoms. The highest BCUT2D eigenvalue weighted by molar-refractivity contribution is 5.33. The molecular weight excluding hydrogens is 150 g/mol. The molecule has 0 saturated carbocycles. The first-order chi connectivity index (χ1) is 5.95. The second-order valence-electron chi connectivity index (χ2n) is 3.78. The molecule has 0 aromatic carbocycles. The van der Waals surface area contributed by atoms with Crippen molar-refractivity contribution < 1.29 is 0 Å². The number of aromatic amines is 1. The maximum Gasteiger partial charge on any atom is 0.0660 e. The Bertz CT molecular complexity index is 275. The fraction of sp³-hybridized carbons (Fsp3) is 0.667. The molecule has 0 bridgehead atoms. The number of aromatic nitrogens is 2. The van der Waals surface area contributed by atoms with Crippen LogP contribution >= 0.6 is 0 Å². The Labute approximate surface area is 71.6 Å². The SMILES string of the molecule is C1Cc2n[nH]c3c2C(C1)CNC3. The first kappa shape index (κ1) is 6.66. The summed E-state index contributed by atoms with van der Waals surface area (Å²) in [6.07, 6.45) is 3.83. The van der Waals surface area contributed by atoms with Crippen LogP contribution in [0.2, 0.25) is 0 Å². The van der Waals surface area contributed by atoms with Crippen LogP contribution < -0.4 is 5.32 Å². The van der Waals surface area contributed by atoms with Gasteiger partial charge in [0.25, 0.3) is 0 Å². The molecule has 3 nitrogen and oxygen atoms in total. The summed E-state index contributed by atoms with van der Waals surface area (Å²) >= 11 is 0. The fourth-order valence-corrected chi connectivity index (χ4v) is 2.47. The van der Waals surface area contributed by atoms with Gasteiger partial charge in [-0.2, -0.15) is 5.10 Å². The minimum Gasteiger partial charge on any atom is -0.311 e. The van der Waals surface area contributed by atoms with Gasteiger partial charge in [-0.15, -0.1) is 0 Å². The quantitative estimate of drug-likeness (QED) is 0.597. The van der Waals surface area contributed by atoms with Gasteiger partial charge in [0.2, 0.25) is 0 Å².